The second-order valence-electron chi connectivity index (χ2n) is 4.47. The minimum absolute atomic E-state index is 0.217. The van der Waals surface area contributed by atoms with Crippen LogP contribution < -0.4 is 11.1 Å². The molecular weight excluding hydrogens is 242 g/mol. The van der Waals surface area contributed by atoms with Crippen LogP contribution in [0.1, 0.15) is 5.56 Å². The van der Waals surface area contributed by atoms with E-state index in [0.29, 0.717) is 6.61 Å². The Balaban J connectivity index is 2.07. The highest BCUT2D eigenvalue weighted by Crippen LogP contribution is 2.17. The first-order valence-electron chi connectivity index (χ1n) is 6.26. The molecule has 0 fully saturated rings. The van der Waals surface area contributed by atoms with Gasteiger partial charge in [0, 0.05) is 31.9 Å². The lowest BCUT2D eigenvalue weighted by Gasteiger charge is -2.06. The number of hydrogen-bond donors (Lipinski definition) is 2. The van der Waals surface area contributed by atoms with Gasteiger partial charge in [0.05, 0.1) is 6.61 Å². The molecule has 1 aromatic heterocycles. The molecule has 3 N–H and O–H groups in total. The molecule has 0 saturated carbocycles. The van der Waals surface area contributed by atoms with Crippen molar-refractivity contribution in [2.24, 2.45) is 5.73 Å². The van der Waals surface area contributed by atoms with E-state index in [2.05, 4.69) is 17.4 Å². The van der Waals surface area contributed by atoms with Gasteiger partial charge >= 0.3 is 0 Å². The number of amides is 1. The third kappa shape index (κ3) is 3.56. The number of rotatable bonds is 7. The van der Waals surface area contributed by atoms with Crippen LogP contribution in [-0.2, 0) is 22.6 Å². The summed E-state index contributed by atoms with van der Waals surface area (Å²) in [6.45, 7) is 2.56. The summed E-state index contributed by atoms with van der Waals surface area (Å²) in [6, 6.07) is 8.19. The van der Waals surface area contributed by atoms with Crippen LogP contribution in [0, 0.1) is 0 Å². The molecule has 0 saturated heterocycles. The molecule has 0 spiro atoms. The molecular formula is C14H19N3O2. The van der Waals surface area contributed by atoms with E-state index >= 15 is 0 Å². The molecule has 0 bridgehead atoms. The molecule has 2 aromatic rings. The monoisotopic (exact) mass is 261 g/mol. The first kappa shape index (κ1) is 13.6. The minimum Gasteiger partial charge on any atom is -0.383 e. The summed E-state index contributed by atoms with van der Waals surface area (Å²) in [5, 5.41) is 4.42. The molecule has 0 aliphatic carbocycles. The summed E-state index contributed by atoms with van der Waals surface area (Å²) >= 11 is 0. The van der Waals surface area contributed by atoms with Gasteiger partial charge in [0.15, 0.2) is 0 Å². The number of carbonyl (C=O) groups is 1. The SMILES string of the molecule is COCCNCc1ccc2c(ccn2CC(N)=O)c1. The fraction of sp³-hybridized carbons (Fsp3) is 0.357. The normalized spacial score (nSPS) is 11.0. The van der Waals surface area contributed by atoms with Crippen LogP contribution in [0.4, 0.5) is 0 Å². The van der Waals surface area contributed by atoms with Crippen LogP contribution in [0.25, 0.3) is 10.9 Å². The number of ether oxygens (including phenoxy) is 1. The van der Waals surface area contributed by atoms with Crippen molar-refractivity contribution in [3.8, 4) is 0 Å². The van der Waals surface area contributed by atoms with Crippen molar-refractivity contribution in [1.82, 2.24) is 9.88 Å². The molecule has 1 heterocycles. The number of carbonyl (C=O) groups excluding carboxylic acids is 1. The molecule has 0 aliphatic heterocycles. The molecule has 0 aliphatic rings. The second kappa shape index (κ2) is 6.36. The maximum atomic E-state index is 11.0. The van der Waals surface area contributed by atoms with Gasteiger partial charge in [-0.05, 0) is 29.1 Å². The van der Waals surface area contributed by atoms with E-state index in [4.69, 9.17) is 10.5 Å². The van der Waals surface area contributed by atoms with Gasteiger partial charge < -0.3 is 20.4 Å². The van der Waals surface area contributed by atoms with E-state index in [0.717, 1.165) is 24.0 Å². The maximum Gasteiger partial charge on any atom is 0.237 e. The van der Waals surface area contributed by atoms with Gasteiger partial charge in [-0.2, -0.15) is 0 Å². The van der Waals surface area contributed by atoms with Gasteiger partial charge in [-0.3, -0.25) is 4.79 Å². The number of benzene rings is 1. The molecule has 102 valence electrons. The van der Waals surface area contributed by atoms with Gasteiger partial charge in [0.2, 0.25) is 5.91 Å². The molecule has 19 heavy (non-hydrogen) atoms. The molecule has 1 amide bonds. The fourth-order valence-electron chi connectivity index (χ4n) is 2.07. The maximum absolute atomic E-state index is 11.0. The van der Waals surface area contributed by atoms with Crippen molar-refractivity contribution in [3.63, 3.8) is 0 Å². The summed E-state index contributed by atoms with van der Waals surface area (Å²) in [5.74, 6) is -0.331. The van der Waals surface area contributed by atoms with E-state index in [1.165, 1.54) is 5.56 Å². The van der Waals surface area contributed by atoms with Crippen molar-refractivity contribution < 1.29 is 9.53 Å². The van der Waals surface area contributed by atoms with Gasteiger partial charge in [-0.25, -0.2) is 0 Å². The zero-order valence-electron chi connectivity index (χ0n) is 11.1. The highest BCUT2D eigenvalue weighted by atomic mass is 16.5. The van der Waals surface area contributed by atoms with Crippen molar-refractivity contribution in [1.29, 1.82) is 0 Å². The number of fused-ring (bicyclic) bond motifs is 1. The molecule has 0 atom stereocenters. The Labute approximate surface area is 112 Å². The van der Waals surface area contributed by atoms with Crippen LogP contribution in [0.15, 0.2) is 30.5 Å². The first-order valence-corrected chi connectivity index (χ1v) is 6.26. The van der Waals surface area contributed by atoms with Gasteiger partial charge in [0.1, 0.15) is 6.54 Å². The predicted molar refractivity (Wildman–Crippen MR) is 74.7 cm³/mol. The average molecular weight is 261 g/mol. The zero-order chi connectivity index (χ0) is 13.7. The number of primary amides is 1. The number of nitrogens with zero attached hydrogens (tertiary/aromatic N) is 1. The van der Waals surface area contributed by atoms with Crippen molar-refractivity contribution in [2.75, 3.05) is 20.3 Å². The third-order valence-corrected chi connectivity index (χ3v) is 2.97. The molecule has 0 unspecified atom stereocenters. The summed E-state index contributed by atoms with van der Waals surface area (Å²) in [6.07, 6.45) is 1.89. The van der Waals surface area contributed by atoms with Crippen molar-refractivity contribution >= 4 is 16.8 Å². The van der Waals surface area contributed by atoms with E-state index in [1.54, 1.807) is 7.11 Å². The Morgan fingerprint density at radius 3 is 3.00 bits per heavy atom. The molecule has 0 radical (unpaired) electrons. The van der Waals surface area contributed by atoms with Gasteiger partial charge in [0.25, 0.3) is 0 Å². The molecule has 5 nitrogen and oxygen atoms in total. The van der Waals surface area contributed by atoms with Crippen LogP contribution in [0.5, 0.6) is 0 Å². The number of nitrogens with two attached hydrogens (primary N) is 1. The van der Waals surface area contributed by atoms with E-state index in [-0.39, 0.29) is 12.5 Å². The third-order valence-electron chi connectivity index (χ3n) is 2.97. The quantitative estimate of drug-likeness (QED) is 0.726. The fourth-order valence-corrected chi connectivity index (χ4v) is 2.07. The Bertz CT molecular complexity index is 563. The topological polar surface area (TPSA) is 69.3 Å². The standard InChI is InChI=1S/C14H19N3O2/c1-19-7-5-16-9-11-2-3-13-12(8-11)4-6-17(13)10-14(15)18/h2-4,6,8,16H,5,7,9-10H2,1H3,(H2,15,18). The van der Waals surface area contributed by atoms with E-state index in [1.807, 2.05) is 22.9 Å². The molecule has 1 aromatic carbocycles. The summed E-state index contributed by atoms with van der Waals surface area (Å²) < 4.78 is 6.84. The number of aromatic nitrogens is 1. The largest absolute Gasteiger partial charge is 0.383 e. The minimum atomic E-state index is -0.331. The van der Waals surface area contributed by atoms with E-state index in [9.17, 15) is 4.79 Å². The first-order chi connectivity index (χ1) is 9.20. The zero-order valence-corrected chi connectivity index (χ0v) is 11.1. The Morgan fingerprint density at radius 1 is 1.42 bits per heavy atom. The number of nitrogens with one attached hydrogen (secondary N) is 1. The lowest BCUT2D eigenvalue weighted by atomic mass is 10.1. The molecule has 5 heteroatoms. The predicted octanol–water partition coefficient (Wildman–Crippen LogP) is 0.863. The highest BCUT2D eigenvalue weighted by Gasteiger charge is 2.04. The van der Waals surface area contributed by atoms with Gasteiger partial charge in [-0.1, -0.05) is 6.07 Å². The van der Waals surface area contributed by atoms with Crippen LogP contribution in [-0.4, -0.2) is 30.7 Å². The Hall–Kier alpha value is -1.85. The lowest BCUT2D eigenvalue weighted by Crippen LogP contribution is -2.18. The van der Waals surface area contributed by atoms with Crippen LogP contribution in [0.2, 0.25) is 0 Å². The highest BCUT2D eigenvalue weighted by molar-refractivity contribution is 5.83. The average Bonchev–Trinajstić information content (AvgIpc) is 2.77. The van der Waals surface area contributed by atoms with Crippen LogP contribution >= 0.6 is 0 Å². The van der Waals surface area contributed by atoms with Crippen LogP contribution in [0.3, 0.4) is 0 Å². The number of methoxy groups -OCH3 is 1. The Kier molecular flexibility index (Phi) is 4.54. The lowest BCUT2D eigenvalue weighted by molar-refractivity contribution is -0.118. The summed E-state index contributed by atoms with van der Waals surface area (Å²) in [7, 11) is 1.69. The number of hydrogen-bond acceptors (Lipinski definition) is 3. The van der Waals surface area contributed by atoms with Crippen molar-refractivity contribution in [3.05, 3.63) is 36.0 Å². The Morgan fingerprint density at radius 2 is 2.26 bits per heavy atom. The summed E-state index contributed by atoms with van der Waals surface area (Å²) in [5.41, 5.74) is 7.45. The summed E-state index contributed by atoms with van der Waals surface area (Å²) in [4.78, 5) is 11.0. The van der Waals surface area contributed by atoms with Crippen molar-refractivity contribution in [2.45, 2.75) is 13.1 Å². The van der Waals surface area contributed by atoms with Gasteiger partial charge in [-0.15, -0.1) is 0 Å². The smallest absolute Gasteiger partial charge is 0.237 e. The second-order valence-corrected chi connectivity index (χ2v) is 4.47. The molecule has 2 rings (SSSR count). The van der Waals surface area contributed by atoms with E-state index < -0.39 is 0 Å².